The van der Waals surface area contributed by atoms with Crippen LogP contribution in [0.25, 0.3) is 0 Å². The summed E-state index contributed by atoms with van der Waals surface area (Å²) in [4.78, 5) is 14.6. The molecule has 0 unspecified atom stereocenters. The normalized spacial score (nSPS) is 23.8. The van der Waals surface area contributed by atoms with E-state index in [0.29, 0.717) is 13.0 Å². The third-order valence-corrected chi connectivity index (χ3v) is 5.64. The summed E-state index contributed by atoms with van der Waals surface area (Å²) in [7, 11) is 0. The minimum atomic E-state index is -0.193. The van der Waals surface area contributed by atoms with Crippen molar-refractivity contribution in [3.8, 4) is 0 Å². The Kier molecular flexibility index (Phi) is 5.39. The topological polar surface area (TPSA) is 69.2 Å². The molecule has 1 atom stereocenters. The average molecular weight is 331 g/mol. The summed E-state index contributed by atoms with van der Waals surface area (Å²) < 4.78 is 0. The first-order chi connectivity index (χ1) is 11.7. The van der Waals surface area contributed by atoms with E-state index < -0.39 is 0 Å². The van der Waals surface area contributed by atoms with Crippen molar-refractivity contribution in [2.24, 2.45) is 5.41 Å². The molecule has 3 rings (SSSR count). The van der Waals surface area contributed by atoms with Crippen molar-refractivity contribution in [2.45, 2.75) is 57.8 Å². The molecule has 0 aromatic carbocycles. The fraction of sp³-hybridized carbons (Fsp3) is 0.684. The lowest BCUT2D eigenvalue weighted by atomic mass is 9.77. The van der Waals surface area contributed by atoms with E-state index in [9.17, 15) is 9.90 Å². The van der Waals surface area contributed by atoms with Crippen molar-refractivity contribution in [3.05, 3.63) is 29.6 Å². The Balaban J connectivity index is 1.58. The van der Waals surface area contributed by atoms with E-state index in [2.05, 4.69) is 16.8 Å². The molecule has 2 aliphatic rings. The zero-order valence-corrected chi connectivity index (χ0v) is 14.5. The lowest BCUT2D eigenvalue weighted by molar-refractivity contribution is -0.135. The van der Waals surface area contributed by atoms with Crippen molar-refractivity contribution in [1.29, 1.82) is 0 Å². The number of hydrogen-bond acceptors (Lipinski definition) is 3. The molecule has 5 heteroatoms. The van der Waals surface area contributed by atoms with E-state index in [0.717, 1.165) is 50.8 Å². The second kappa shape index (κ2) is 7.51. The number of amides is 1. The summed E-state index contributed by atoms with van der Waals surface area (Å²) in [6.45, 7) is 5.37. The fourth-order valence-corrected chi connectivity index (χ4v) is 4.23. The number of piperidine rings is 1. The number of nitrogens with one attached hydrogen (secondary N) is 1. The van der Waals surface area contributed by atoms with Crippen LogP contribution in [0.4, 0.5) is 0 Å². The standard InChI is InChI=1S/C19H29N3O2/c1-2-10-19(14-23)11-5-12-22(13-19)18(24)9-8-17-15-6-3-4-7-16(15)20-21-17/h2,23H,1,3-14H2,(H,20,21)/t19-/m0/s1. The Morgan fingerprint density at radius 1 is 1.38 bits per heavy atom. The number of hydrogen-bond donors (Lipinski definition) is 2. The van der Waals surface area contributed by atoms with Crippen molar-refractivity contribution < 1.29 is 9.90 Å². The predicted octanol–water partition coefficient (Wildman–Crippen LogP) is 2.40. The number of aryl methyl sites for hydroxylation is 2. The van der Waals surface area contributed by atoms with Crippen molar-refractivity contribution in [3.63, 3.8) is 0 Å². The molecule has 132 valence electrons. The summed E-state index contributed by atoms with van der Waals surface area (Å²) in [6.07, 6.45) is 10.4. The molecule has 0 saturated carbocycles. The maximum atomic E-state index is 12.6. The molecule has 5 nitrogen and oxygen atoms in total. The summed E-state index contributed by atoms with van der Waals surface area (Å²) in [5.41, 5.74) is 3.51. The molecule has 0 spiro atoms. The Morgan fingerprint density at radius 2 is 2.21 bits per heavy atom. The fourth-order valence-electron chi connectivity index (χ4n) is 4.23. The molecule has 1 aliphatic carbocycles. The van der Waals surface area contributed by atoms with Gasteiger partial charge in [0.25, 0.3) is 0 Å². The number of rotatable bonds is 6. The highest BCUT2D eigenvalue weighted by Crippen LogP contribution is 2.33. The highest BCUT2D eigenvalue weighted by Gasteiger charge is 2.35. The van der Waals surface area contributed by atoms with Crippen LogP contribution in [0.2, 0.25) is 0 Å². The van der Waals surface area contributed by atoms with Gasteiger partial charge >= 0.3 is 0 Å². The molecular formula is C19H29N3O2. The van der Waals surface area contributed by atoms with Gasteiger partial charge in [0, 0.05) is 37.0 Å². The zero-order chi connectivity index (χ0) is 17.0. The van der Waals surface area contributed by atoms with E-state index in [1.54, 1.807) is 0 Å². The lowest BCUT2D eigenvalue weighted by Gasteiger charge is -2.41. The van der Waals surface area contributed by atoms with Gasteiger partial charge < -0.3 is 10.0 Å². The van der Waals surface area contributed by atoms with Gasteiger partial charge in [-0.25, -0.2) is 0 Å². The molecule has 1 aromatic rings. The summed E-state index contributed by atoms with van der Waals surface area (Å²) >= 11 is 0. The maximum Gasteiger partial charge on any atom is 0.222 e. The molecule has 1 aliphatic heterocycles. The number of likely N-dealkylation sites (tertiary alicyclic amines) is 1. The molecule has 1 saturated heterocycles. The van der Waals surface area contributed by atoms with E-state index in [-0.39, 0.29) is 17.9 Å². The highest BCUT2D eigenvalue weighted by molar-refractivity contribution is 5.76. The second-order valence-corrected chi connectivity index (χ2v) is 7.40. The number of H-pyrrole nitrogens is 1. The van der Waals surface area contributed by atoms with Crippen LogP contribution in [0.5, 0.6) is 0 Å². The summed E-state index contributed by atoms with van der Waals surface area (Å²) in [5.74, 6) is 0.184. The number of aromatic nitrogens is 2. The van der Waals surface area contributed by atoms with Crippen molar-refractivity contribution >= 4 is 5.91 Å². The number of carbonyl (C=O) groups excluding carboxylic acids is 1. The van der Waals surface area contributed by atoms with E-state index in [1.807, 2.05) is 11.0 Å². The van der Waals surface area contributed by atoms with E-state index >= 15 is 0 Å². The molecule has 0 bridgehead atoms. The zero-order valence-electron chi connectivity index (χ0n) is 14.5. The minimum Gasteiger partial charge on any atom is -0.396 e. The third-order valence-electron chi connectivity index (χ3n) is 5.64. The van der Waals surface area contributed by atoms with Gasteiger partial charge in [-0.15, -0.1) is 6.58 Å². The van der Waals surface area contributed by atoms with Gasteiger partial charge in [-0.3, -0.25) is 9.89 Å². The molecule has 24 heavy (non-hydrogen) atoms. The first-order valence-corrected chi connectivity index (χ1v) is 9.22. The van der Waals surface area contributed by atoms with Crippen LogP contribution >= 0.6 is 0 Å². The van der Waals surface area contributed by atoms with Crippen LogP contribution in [0, 0.1) is 5.41 Å². The first kappa shape index (κ1) is 17.2. The number of aromatic amines is 1. The largest absolute Gasteiger partial charge is 0.396 e. The second-order valence-electron chi connectivity index (χ2n) is 7.40. The van der Waals surface area contributed by atoms with Crippen LogP contribution in [0.3, 0.4) is 0 Å². The summed E-state index contributed by atoms with van der Waals surface area (Å²) in [6, 6.07) is 0. The van der Waals surface area contributed by atoms with Gasteiger partial charge in [-0.2, -0.15) is 5.10 Å². The maximum absolute atomic E-state index is 12.6. The van der Waals surface area contributed by atoms with Gasteiger partial charge in [0.1, 0.15) is 0 Å². The minimum absolute atomic E-state index is 0.121. The van der Waals surface area contributed by atoms with Gasteiger partial charge in [0.05, 0.1) is 12.3 Å². The molecular weight excluding hydrogens is 302 g/mol. The van der Waals surface area contributed by atoms with Crippen molar-refractivity contribution in [1.82, 2.24) is 15.1 Å². The molecule has 1 amide bonds. The first-order valence-electron chi connectivity index (χ1n) is 9.22. The van der Waals surface area contributed by atoms with Crippen LogP contribution in [0.1, 0.15) is 55.5 Å². The predicted molar refractivity (Wildman–Crippen MR) is 93.7 cm³/mol. The molecule has 2 heterocycles. The number of aliphatic hydroxyl groups is 1. The average Bonchev–Trinajstić information content (AvgIpc) is 3.03. The monoisotopic (exact) mass is 331 g/mol. The van der Waals surface area contributed by atoms with Crippen molar-refractivity contribution in [2.75, 3.05) is 19.7 Å². The smallest absolute Gasteiger partial charge is 0.222 e. The number of aliphatic hydroxyl groups excluding tert-OH is 1. The Hall–Kier alpha value is -1.62. The Labute approximate surface area is 144 Å². The van der Waals surface area contributed by atoms with Crippen LogP contribution in [0.15, 0.2) is 12.7 Å². The van der Waals surface area contributed by atoms with E-state index in [1.165, 1.54) is 24.1 Å². The number of carbonyl (C=O) groups is 1. The number of nitrogens with zero attached hydrogens (tertiary/aromatic N) is 2. The van der Waals surface area contributed by atoms with Crippen LogP contribution in [-0.4, -0.2) is 45.8 Å². The molecule has 1 fully saturated rings. The Morgan fingerprint density at radius 3 is 3.00 bits per heavy atom. The number of allylic oxidation sites excluding steroid dienone is 1. The SMILES string of the molecule is C=CC[C@]1(CO)CCCN(C(=O)CCc2n[nH]c3c2CCCC3)C1. The lowest BCUT2D eigenvalue weighted by Crippen LogP contribution is -2.47. The Bertz CT molecular complexity index is 595. The highest BCUT2D eigenvalue weighted by atomic mass is 16.3. The molecule has 0 radical (unpaired) electrons. The molecule has 1 aromatic heterocycles. The number of fused-ring (bicyclic) bond motifs is 1. The van der Waals surface area contributed by atoms with Crippen LogP contribution in [-0.2, 0) is 24.1 Å². The quantitative estimate of drug-likeness (QED) is 0.787. The van der Waals surface area contributed by atoms with Gasteiger partial charge in [0.2, 0.25) is 5.91 Å². The van der Waals surface area contributed by atoms with Gasteiger partial charge in [-0.05, 0) is 50.5 Å². The van der Waals surface area contributed by atoms with Gasteiger partial charge in [0.15, 0.2) is 0 Å². The third kappa shape index (κ3) is 3.56. The molecule has 2 N–H and O–H groups in total. The summed E-state index contributed by atoms with van der Waals surface area (Å²) in [5, 5.41) is 17.4. The van der Waals surface area contributed by atoms with Crippen LogP contribution < -0.4 is 0 Å². The van der Waals surface area contributed by atoms with Gasteiger partial charge in [-0.1, -0.05) is 6.08 Å². The van der Waals surface area contributed by atoms with E-state index in [4.69, 9.17) is 0 Å².